The van der Waals surface area contributed by atoms with Gasteiger partial charge in [-0.05, 0) is 44.2 Å². The third kappa shape index (κ3) is 3.25. The molecule has 3 N–H and O–H groups in total. The highest BCUT2D eigenvalue weighted by Crippen LogP contribution is 2.33. The van der Waals surface area contributed by atoms with Crippen LogP contribution in [-0.4, -0.2) is 30.9 Å². The van der Waals surface area contributed by atoms with E-state index in [1.165, 1.54) is 0 Å². The Balaban J connectivity index is 2.26. The molecule has 2 aromatic carbocycles. The first kappa shape index (κ1) is 17.5. The number of aliphatic imine (C=N–C) groups is 1. The zero-order valence-electron chi connectivity index (χ0n) is 14.5. The Morgan fingerprint density at radius 3 is 2.52 bits per heavy atom. The van der Waals surface area contributed by atoms with Crippen LogP contribution in [0.5, 0.6) is 5.75 Å². The Bertz CT molecular complexity index is 832. The summed E-state index contributed by atoms with van der Waals surface area (Å²) in [4.78, 5) is 6.67. The highest BCUT2D eigenvalue weighted by atomic mass is 35.5. The van der Waals surface area contributed by atoms with Gasteiger partial charge in [-0.2, -0.15) is 0 Å². The van der Waals surface area contributed by atoms with Gasteiger partial charge in [0.2, 0.25) is 0 Å². The summed E-state index contributed by atoms with van der Waals surface area (Å²) in [6.45, 7) is 3.69. The van der Waals surface area contributed by atoms with E-state index in [1.54, 1.807) is 14.0 Å². The first-order valence-electron chi connectivity index (χ1n) is 8.04. The molecule has 1 unspecified atom stereocenters. The number of fused-ring (bicyclic) bond motifs is 1. The summed E-state index contributed by atoms with van der Waals surface area (Å²) in [5.74, 6) is 1.10. The van der Waals surface area contributed by atoms with Crippen LogP contribution in [0, 0.1) is 5.41 Å². The monoisotopic (exact) mass is 356 g/mol. The molecule has 1 aliphatic rings. The number of nitrogens with one attached hydrogen (secondary N) is 1. The number of benzodiazepines with no additional fused rings is 1. The predicted octanol–water partition coefficient (Wildman–Crippen LogP) is 3.68. The van der Waals surface area contributed by atoms with Crippen LogP contribution < -0.4 is 15.4 Å². The molecular formula is C19H21ClN4O. The minimum atomic E-state index is -0.422. The molecule has 0 radical (unpaired) electrons. The van der Waals surface area contributed by atoms with Crippen molar-refractivity contribution in [3.8, 4) is 5.75 Å². The number of halogens is 1. The van der Waals surface area contributed by atoms with Crippen molar-refractivity contribution in [1.29, 1.82) is 5.41 Å². The number of nitrogens with zero attached hydrogens (tertiary/aromatic N) is 2. The Morgan fingerprint density at radius 1 is 1.24 bits per heavy atom. The van der Waals surface area contributed by atoms with Crippen molar-refractivity contribution in [3.63, 3.8) is 0 Å². The molecule has 5 nitrogen and oxygen atoms in total. The summed E-state index contributed by atoms with van der Waals surface area (Å²) < 4.78 is 5.39. The van der Waals surface area contributed by atoms with Gasteiger partial charge in [-0.25, -0.2) is 0 Å². The molecule has 1 aliphatic heterocycles. The van der Waals surface area contributed by atoms with Crippen molar-refractivity contribution >= 4 is 28.8 Å². The molecule has 0 bridgehead atoms. The van der Waals surface area contributed by atoms with Crippen LogP contribution in [0.25, 0.3) is 0 Å². The summed E-state index contributed by atoms with van der Waals surface area (Å²) in [7, 11) is 1.63. The lowest BCUT2D eigenvalue weighted by Gasteiger charge is -2.31. The molecule has 0 aromatic heterocycles. The summed E-state index contributed by atoms with van der Waals surface area (Å²) in [5, 5.41) is 8.85. The number of hydrogen-bond acceptors (Lipinski definition) is 4. The maximum absolute atomic E-state index is 8.18. The average molecular weight is 357 g/mol. The minimum Gasteiger partial charge on any atom is -0.497 e. The second-order valence-corrected chi connectivity index (χ2v) is 6.49. The van der Waals surface area contributed by atoms with E-state index in [-0.39, 0.29) is 6.04 Å². The van der Waals surface area contributed by atoms with Crippen molar-refractivity contribution in [3.05, 3.63) is 58.6 Å². The maximum atomic E-state index is 8.18. The van der Waals surface area contributed by atoms with E-state index < -0.39 is 6.17 Å². The topological polar surface area (TPSA) is 74.7 Å². The average Bonchev–Trinajstić information content (AvgIpc) is 2.70. The third-order valence-electron chi connectivity index (χ3n) is 4.32. The Hall–Kier alpha value is -2.37. The van der Waals surface area contributed by atoms with Gasteiger partial charge in [0, 0.05) is 16.1 Å². The molecule has 2 aromatic rings. The van der Waals surface area contributed by atoms with Gasteiger partial charge in [0.1, 0.15) is 11.9 Å². The number of benzene rings is 2. The number of anilines is 1. The molecule has 0 saturated heterocycles. The zero-order chi connectivity index (χ0) is 18.1. The van der Waals surface area contributed by atoms with Crippen LogP contribution in [0.15, 0.2) is 47.5 Å². The fourth-order valence-corrected chi connectivity index (χ4v) is 3.14. The molecule has 25 heavy (non-hydrogen) atoms. The van der Waals surface area contributed by atoms with Crippen molar-refractivity contribution in [2.75, 3.05) is 12.0 Å². The second kappa shape index (κ2) is 6.86. The van der Waals surface area contributed by atoms with E-state index >= 15 is 0 Å². The Morgan fingerprint density at radius 2 is 1.92 bits per heavy atom. The van der Waals surface area contributed by atoms with Crippen LogP contribution >= 0.6 is 11.6 Å². The predicted molar refractivity (Wildman–Crippen MR) is 103 cm³/mol. The van der Waals surface area contributed by atoms with E-state index in [0.717, 1.165) is 28.3 Å². The van der Waals surface area contributed by atoms with Gasteiger partial charge in [-0.1, -0.05) is 23.7 Å². The van der Waals surface area contributed by atoms with E-state index in [1.807, 2.05) is 54.3 Å². The molecule has 130 valence electrons. The van der Waals surface area contributed by atoms with Crippen LogP contribution in [-0.2, 0) is 0 Å². The Labute approximate surface area is 152 Å². The SMILES string of the molecule is COc1ccc2c(c1)C(c1ccc(Cl)cc1)=N[C@@H](C)C(N)N2C(C)=N. The molecule has 3 rings (SSSR count). The van der Waals surface area contributed by atoms with Gasteiger partial charge in [-0.15, -0.1) is 0 Å². The first-order valence-corrected chi connectivity index (χ1v) is 8.42. The van der Waals surface area contributed by atoms with E-state index in [4.69, 9.17) is 32.5 Å². The molecule has 0 saturated carbocycles. The quantitative estimate of drug-likeness (QED) is 0.636. The summed E-state index contributed by atoms with van der Waals surface area (Å²) in [6.07, 6.45) is -0.422. The lowest BCUT2D eigenvalue weighted by atomic mass is 9.99. The van der Waals surface area contributed by atoms with Gasteiger partial charge in [-0.3, -0.25) is 10.4 Å². The number of methoxy groups -OCH3 is 1. The highest BCUT2D eigenvalue weighted by molar-refractivity contribution is 6.30. The molecule has 1 heterocycles. The standard InChI is InChI=1S/C19H21ClN4O/c1-11-19(22)24(12(2)21)17-9-8-15(25-3)10-16(17)18(23-11)13-4-6-14(20)7-5-13/h4-11,19,21H,22H2,1-3H3/t11-,19?/m0/s1. The zero-order valence-corrected chi connectivity index (χ0v) is 15.2. The fraction of sp³-hybridized carbons (Fsp3) is 0.263. The normalized spacial score (nSPS) is 19.7. The molecule has 0 aliphatic carbocycles. The van der Waals surface area contributed by atoms with Crippen molar-refractivity contribution < 1.29 is 4.74 Å². The molecule has 2 atom stereocenters. The van der Waals surface area contributed by atoms with Crippen molar-refractivity contribution in [1.82, 2.24) is 0 Å². The van der Waals surface area contributed by atoms with Crippen LogP contribution in [0.1, 0.15) is 25.0 Å². The molecular weight excluding hydrogens is 336 g/mol. The number of nitrogens with two attached hydrogens (primary N) is 1. The van der Waals surface area contributed by atoms with Crippen LogP contribution in [0.3, 0.4) is 0 Å². The van der Waals surface area contributed by atoms with Gasteiger partial charge < -0.3 is 15.4 Å². The lowest BCUT2D eigenvalue weighted by molar-refractivity contribution is 0.414. The number of amidine groups is 1. The Kier molecular flexibility index (Phi) is 4.79. The second-order valence-electron chi connectivity index (χ2n) is 6.05. The number of hydrogen-bond donors (Lipinski definition) is 2. The number of rotatable bonds is 2. The largest absolute Gasteiger partial charge is 0.497 e. The van der Waals surface area contributed by atoms with Gasteiger partial charge in [0.05, 0.1) is 30.4 Å². The van der Waals surface area contributed by atoms with Gasteiger partial charge in [0.15, 0.2) is 0 Å². The van der Waals surface area contributed by atoms with Crippen LogP contribution in [0.4, 0.5) is 5.69 Å². The smallest absolute Gasteiger partial charge is 0.119 e. The third-order valence-corrected chi connectivity index (χ3v) is 4.57. The first-order chi connectivity index (χ1) is 11.9. The van der Waals surface area contributed by atoms with Gasteiger partial charge >= 0.3 is 0 Å². The fourth-order valence-electron chi connectivity index (χ4n) is 3.01. The van der Waals surface area contributed by atoms with E-state index in [9.17, 15) is 0 Å². The molecule has 0 fully saturated rings. The summed E-state index contributed by atoms with van der Waals surface area (Å²) >= 11 is 6.03. The minimum absolute atomic E-state index is 0.190. The summed E-state index contributed by atoms with van der Waals surface area (Å²) in [6, 6.07) is 13.1. The van der Waals surface area contributed by atoms with Gasteiger partial charge in [0.25, 0.3) is 0 Å². The van der Waals surface area contributed by atoms with Crippen molar-refractivity contribution in [2.45, 2.75) is 26.1 Å². The lowest BCUT2D eigenvalue weighted by Crippen LogP contribution is -2.50. The number of ether oxygens (including phenoxy) is 1. The molecule has 6 heteroatoms. The van der Waals surface area contributed by atoms with E-state index in [0.29, 0.717) is 10.9 Å². The van der Waals surface area contributed by atoms with Crippen LogP contribution in [0.2, 0.25) is 5.02 Å². The van der Waals surface area contributed by atoms with E-state index in [2.05, 4.69) is 0 Å². The molecule has 0 amide bonds. The highest BCUT2D eigenvalue weighted by Gasteiger charge is 2.30. The molecule has 0 spiro atoms. The van der Waals surface area contributed by atoms with Crippen molar-refractivity contribution in [2.24, 2.45) is 10.7 Å². The summed E-state index contributed by atoms with van der Waals surface area (Å²) in [5.41, 5.74) is 9.89. The maximum Gasteiger partial charge on any atom is 0.119 e.